The summed E-state index contributed by atoms with van der Waals surface area (Å²) in [5, 5.41) is 11.9. The van der Waals surface area contributed by atoms with Gasteiger partial charge >= 0.3 is 5.97 Å². The lowest BCUT2D eigenvalue weighted by atomic mass is 9.96. The molecule has 0 aromatic heterocycles. The Morgan fingerprint density at radius 2 is 1.50 bits per heavy atom. The first-order chi connectivity index (χ1) is 11.6. The smallest absolute Gasteiger partial charge is 0.305 e. The van der Waals surface area contributed by atoms with Crippen molar-refractivity contribution in [2.75, 3.05) is 0 Å². The lowest BCUT2D eigenvalue weighted by molar-refractivity contribution is -0.137. The number of carbonyl (C=O) groups is 2. The van der Waals surface area contributed by atoms with Crippen molar-refractivity contribution in [1.29, 1.82) is 0 Å². The van der Waals surface area contributed by atoms with Crippen LogP contribution in [-0.4, -0.2) is 17.0 Å². The fourth-order valence-corrected chi connectivity index (χ4v) is 2.67. The van der Waals surface area contributed by atoms with Crippen LogP contribution in [0.5, 0.6) is 0 Å². The number of hydrogen-bond donors (Lipinski definition) is 2. The van der Waals surface area contributed by atoms with E-state index >= 15 is 0 Å². The molecule has 0 aliphatic rings. The summed E-state index contributed by atoms with van der Waals surface area (Å²) < 4.78 is 0. The number of amides is 1. The van der Waals surface area contributed by atoms with Crippen LogP contribution in [0.4, 0.5) is 0 Å². The Bertz CT molecular complexity index is 655. The van der Waals surface area contributed by atoms with Crippen LogP contribution in [0.1, 0.15) is 49.3 Å². The fourth-order valence-electron chi connectivity index (χ4n) is 2.67. The third-order valence-electron chi connectivity index (χ3n) is 4.09. The quantitative estimate of drug-likeness (QED) is 0.773. The topological polar surface area (TPSA) is 66.4 Å². The molecule has 0 fully saturated rings. The molecule has 2 aromatic carbocycles. The van der Waals surface area contributed by atoms with Gasteiger partial charge < -0.3 is 10.4 Å². The van der Waals surface area contributed by atoms with E-state index in [9.17, 15) is 9.59 Å². The van der Waals surface area contributed by atoms with Crippen LogP contribution in [0.3, 0.4) is 0 Å². The second-order valence-corrected chi connectivity index (χ2v) is 5.98. The Balaban J connectivity index is 1.92. The number of carboxylic acids is 1. The van der Waals surface area contributed by atoms with E-state index in [1.54, 1.807) is 0 Å². The van der Waals surface area contributed by atoms with E-state index in [0.29, 0.717) is 6.42 Å². The molecule has 4 heteroatoms. The van der Waals surface area contributed by atoms with E-state index < -0.39 is 12.0 Å². The van der Waals surface area contributed by atoms with E-state index in [1.807, 2.05) is 48.5 Å². The number of aliphatic carboxylic acids is 1. The van der Waals surface area contributed by atoms with Gasteiger partial charge in [-0.15, -0.1) is 0 Å². The lowest BCUT2D eigenvalue weighted by Gasteiger charge is -2.18. The summed E-state index contributed by atoms with van der Waals surface area (Å²) >= 11 is 0. The fraction of sp³-hybridized carbons (Fsp3) is 0.300. The molecule has 0 saturated heterocycles. The lowest BCUT2D eigenvalue weighted by Crippen LogP contribution is -2.30. The monoisotopic (exact) mass is 325 g/mol. The zero-order valence-corrected chi connectivity index (χ0v) is 13.8. The third-order valence-corrected chi connectivity index (χ3v) is 4.09. The van der Waals surface area contributed by atoms with Gasteiger partial charge in [-0.2, -0.15) is 0 Å². The number of hydrogen-bond acceptors (Lipinski definition) is 2. The summed E-state index contributed by atoms with van der Waals surface area (Å²) in [6.07, 6.45) is 0.980. The van der Waals surface area contributed by atoms with Crippen LogP contribution in [0.25, 0.3) is 0 Å². The van der Waals surface area contributed by atoms with E-state index in [0.717, 1.165) is 12.0 Å². The molecule has 0 aliphatic carbocycles. The van der Waals surface area contributed by atoms with Gasteiger partial charge in [-0.3, -0.25) is 9.59 Å². The average molecular weight is 325 g/mol. The van der Waals surface area contributed by atoms with Gasteiger partial charge in [-0.25, -0.2) is 0 Å². The first-order valence-electron chi connectivity index (χ1n) is 8.17. The van der Waals surface area contributed by atoms with Gasteiger partial charge in [0, 0.05) is 6.42 Å². The molecule has 2 atom stereocenters. The van der Waals surface area contributed by atoms with Crippen molar-refractivity contribution in [2.45, 2.75) is 38.1 Å². The standard InChI is InChI=1S/C20H23NO3/c1-15(16-8-4-2-5-9-16)12-13-19(22)21-18(14-20(23)24)17-10-6-3-7-11-17/h2-11,15,18H,12-14H2,1H3,(H,21,22)(H,23,24). The predicted molar refractivity (Wildman–Crippen MR) is 93.7 cm³/mol. The summed E-state index contributed by atoms with van der Waals surface area (Å²) in [6.45, 7) is 2.09. The van der Waals surface area contributed by atoms with Crippen molar-refractivity contribution in [3.05, 3.63) is 71.8 Å². The van der Waals surface area contributed by atoms with Gasteiger partial charge in [0.2, 0.25) is 5.91 Å². The Morgan fingerprint density at radius 3 is 2.04 bits per heavy atom. The summed E-state index contributed by atoms with van der Waals surface area (Å²) in [4.78, 5) is 23.3. The highest BCUT2D eigenvalue weighted by Crippen LogP contribution is 2.21. The van der Waals surface area contributed by atoms with E-state index in [2.05, 4.69) is 24.4 Å². The second-order valence-electron chi connectivity index (χ2n) is 5.98. The average Bonchev–Trinajstić information content (AvgIpc) is 2.60. The van der Waals surface area contributed by atoms with Crippen molar-refractivity contribution in [3.8, 4) is 0 Å². The zero-order chi connectivity index (χ0) is 17.4. The molecule has 0 aliphatic heterocycles. The Labute approximate surface area is 142 Å². The van der Waals surface area contributed by atoms with Gasteiger partial charge in [0.25, 0.3) is 0 Å². The SMILES string of the molecule is CC(CCC(=O)NC(CC(=O)O)c1ccccc1)c1ccccc1. The molecule has 0 heterocycles. The Morgan fingerprint density at radius 1 is 0.958 bits per heavy atom. The van der Waals surface area contributed by atoms with E-state index in [1.165, 1.54) is 5.56 Å². The minimum atomic E-state index is -0.929. The molecular weight excluding hydrogens is 302 g/mol. The Kier molecular flexibility index (Phi) is 6.55. The maximum absolute atomic E-state index is 12.2. The minimum absolute atomic E-state index is 0.118. The molecule has 0 bridgehead atoms. The second kappa shape index (κ2) is 8.87. The van der Waals surface area contributed by atoms with E-state index in [4.69, 9.17) is 5.11 Å². The van der Waals surface area contributed by atoms with Gasteiger partial charge in [-0.1, -0.05) is 67.6 Å². The number of nitrogens with one attached hydrogen (secondary N) is 1. The van der Waals surface area contributed by atoms with Gasteiger partial charge in [0.1, 0.15) is 0 Å². The number of carboxylic acid groups (broad SMARTS) is 1. The third kappa shape index (κ3) is 5.54. The van der Waals surface area contributed by atoms with Crippen LogP contribution >= 0.6 is 0 Å². The Hall–Kier alpha value is -2.62. The van der Waals surface area contributed by atoms with Crippen LogP contribution < -0.4 is 5.32 Å². The first kappa shape index (κ1) is 17.7. The molecule has 2 rings (SSSR count). The molecule has 2 unspecified atom stereocenters. The van der Waals surface area contributed by atoms with Crippen LogP contribution in [0.2, 0.25) is 0 Å². The molecule has 0 radical (unpaired) electrons. The zero-order valence-electron chi connectivity index (χ0n) is 13.8. The molecule has 126 valence electrons. The summed E-state index contributed by atoms with van der Waals surface area (Å²) in [7, 11) is 0. The molecule has 0 spiro atoms. The highest BCUT2D eigenvalue weighted by molar-refractivity contribution is 5.77. The van der Waals surface area contributed by atoms with Crippen molar-refractivity contribution in [1.82, 2.24) is 5.32 Å². The number of rotatable bonds is 8. The molecule has 2 N–H and O–H groups in total. The molecule has 24 heavy (non-hydrogen) atoms. The number of carbonyl (C=O) groups excluding carboxylic acids is 1. The molecule has 0 saturated carbocycles. The van der Waals surface area contributed by atoms with Gasteiger partial charge in [0.05, 0.1) is 12.5 Å². The van der Waals surface area contributed by atoms with Crippen molar-refractivity contribution in [3.63, 3.8) is 0 Å². The molecule has 1 amide bonds. The van der Waals surface area contributed by atoms with Crippen LogP contribution in [0, 0.1) is 0 Å². The minimum Gasteiger partial charge on any atom is -0.481 e. The summed E-state index contributed by atoms with van der Waals surface area (Å²) in [5.74, 6) is -0.763. The van der Waals surface area contributed by atoms with E-state index in [-0.39, 0.29) is 18.2 Å². The van der Waals surface area contributed by atoms with Crippen molar-refractivity contribution in [2.24, 2.45) is 0 Å². The van der Waals surface area contributed by atoms with Crippen LogP contribution in [-0.2, 0) is 9.59 Å². The predicted octanol–water partition coefficient (Wildman–Crippen LogP) is 3.90. The summed E-state index contributed by atoms with van der Waals surface area (Å²) in [6, 6.07) is 18.8. The first-order valence-corrected chi connectivity index (χ1v) is 8.17. The van der Waals surface area contributed by atoms with Crippen LogP contribution in [0.15, 0.2) is 60.7 Å². The van der Waals surface area contributed by atoms with Gasteiger partial charge in [-0.05, 0) is 23.5 Å². The maximum atomic E-state index is 12.2. The largest absolute Gasteiger partial charge is 0.481 e. The highest BCUT2D eigenvalue weighted by Gasteiger charge is 2.18. The molecular formula is C20H23NO3. The van der Waals surface area contributed by atoms with Gasteiger partial charge in [0.15, 0.2) is 0 Å². The molecule has 2 aromatic rings. The molecule has 4 nitrogen and oxygen atoms in total. The normalized spacial score (nSPS) is 13.0. The maximum Gasteiger partial charge on any atom is 0.305 e. The number of benzene rings is 2. The summed E-state index contributed by atoms with van der Waals surface area (Å²) in [5.41, 5.74) is 2.01. The highest BCUT2D eigenvalue weighted by atomic mass is 16.4. The van der Waals surface area contributed by atoms with Crippen molar-refractivity contribution < 1.29 is 14.7 Å². The van der Waals surface area contributed by atoms with Crippen molar-refractivity contribution >= 4 is 11.9 Å².